The summed E-state index contributed by atoms with van der Waals surface area (Å²) in [5.74, 6) is -1.66. The Morgan fingerprint density at radius 1 is 1.27 bits per heavy atom. The van der Waals surface area contributed by atoms with Gasteiger partial charge in [-0.3, -0.25) is 14.8 Å². The molecule has 0 saturated carbocycles. The second-order valence-electron chi connectivity index (χ2n) is 4.52. The minimum absolute atomic E-state index is 0.0383. The zero-order chi connectivity index (χ0) is 16.3. The van der Waals surface area contributed by atoms with E-state index in [1.807, 2.05) is 0 Å². The summed E-state index contributed by atoms with van der Waals surface area (Å²) in [6.45, 7) is 1.56. The Hall–Kier alpha value is -2.07. The maximum absolute atomic E-state index is 13.6. The van der Waals surface area contributed by atoms with E-state index in [-0.39, 0.29) is 15.8 Å². The van der Waals surface area contributed by atoms with Crippen LogP contribution >= 0.6 is 11.3 Å². The zero-order valence-electron chi connectivity index (χ0n) is 11.7. The van der Waals surface area contributed by atoms with E-state index in [4.69, 9.17) is 0 Å². The van der Waals surface area contributed by atoms with Crippen LogP contribution in [0, 0.1) is 5.82 Å². The molecule has 7 nitrogen and oxygen atoms in total. The van der Waals surface area contributed by atoms with Crippen LogP contribution in [-0.2, 0) is 14.8 Å². The maximum Gasteiger partial charge on any atom is 0.233 e. The molecule has 0 aliphatic rings. The van der Waals surface area contributed by atoms with Gasteiger partial charge >= 0.3 is 0 Å². The van der Waals surface area contributed by atoms with Gasteiger partial charge in [0.15, 0.2) is 0 Å². The molecule has 0 fully saturated rings. The highest BCUT2D eigenvalue weighted by Gasteiger charge is 2.20. The van der Waals surface area contributed by atoms with Gasteiger partial charge in [0.05, 0.1) is 12.2 Å². The van der Waals surface area contributed by atoms with Crippen molar-refractivity contribution in [3.05, 3.63) is 35.6 Å². The number of hydrogen-bond acceptors (Lipinski definition) is 6. The molecule has 0 aliphatic heterocycles. The Kier molecular flexibility index (Phi) is 4.71. The van der Waals surface area contributed by atoms with Gasteiger partial charge in [-0.25, -0.2) is 12.8 Å². The fraction of sp³-hybridized carbons (Fsp3) is 0.250. The SMILES string of the molecule is C[C@@H](C(=O)Nc1nnc(NS(C)(=O)=O)s1)c1ccccc1F. The molecule has 2 N–H and O–H groups in total. The molecule has 0 aliphatic carbocycles. The first-order valence-electron chi connectivity index (χ1n) is 6.13. The summed E-state index contributed by atoms with van der Waals surface area (Å²) in [6.07, 6.45) is 0.979. The Morgan fingerprint density at radius 2 is 1.91 bits per heavy atom. The standard InChI is InChI=1S/C12H13FN4O3S2/c1-7(8-5-3-4-6-9(8)13)10(18)14-11-15-16-12(21-11)17-22(2,19)20/h3-7H,1-2H3,(H,16,17)(H,14,15,18)/t7-/m1/s1. The zero-order valence-corrected chi connectivity index (χ0v) is 13.3. The average Bonchev–Trinajstić information content (AvgIpc) is 2.83. The first-order valence-corrected chi connectivity index (χ1v) is 8.83. The summed E-state index contributed by atoms with van der Waals surface area (Å²) in [5, 5.41) is 9.89. The molecule has 118 valence electrons. The van der Waals surface area contributed by atoms with Crippen LogP contribution in [0.5, 0.6) is 0 Å². The van der Waals surface area contributed by atoms with Crippen LogP contribution < -0.4 is 10.0 Å². The molecule has 22 heavy (non-hydrogen) atoms. The van der Waals surface area contributed by atoms with Gasteiger partial charge in [0.2, 0.25) is 26.2 Å². The Labute approximate surface area is 130 Å². The fourth-order valence-corrected chi connectivity index (χ4v) is 3.13. The molecule has 2 rings (SSSR count). The highest BCUT2D eigenvalue weighted by Crippen LogP contribution is 2.24. The highest BCUT2D eigenvalue weighted by molar-refractivity contribution is 7.92. The van der Waals surface area contributed by atoms with Gasteiger partial charge in [-0.05, 0) is 18.6 Å². The number of rotatable bonds is 5. The third-order valence-corrected chi connectivity index (χ3v) is 4.14. The maximum atomic E-state index is 13.6. The minimum atomic E-state index is -3.46. The predicted octanol–water partition coefficient (Wildman–Crippen LogP) is 1.79. The number of aromatic nitrogens is 2. The summed E-state index contributed by atoms with van der Waals surface area (Å²) in [6, 6.07) is 5.98. The van der Waals surface area contributed by atoms with Crippen LogP contribution in [0.15, 0.2) is 24.3 Å². The molecule has 0 spiro atoms. The van der Waals surface area contributed by atoms with Crippen LogP contribution in [0.1, 0.15) is 18.4 Å². The van der Waals surface area contributed by atoms with Gasteiger partial charge < -0.3 is 0 Å². The van der Waals surface area contributed by atoms with Crippen molar-refractivity contribution in [2.75, 3.05) is 16.3 Å². The van der Waals surface area contributed by atoms with Crippen LogP contribution in [-0.4, -0.2) is 30.8 Å². The monoisotopic (exact) mass is 344 g/mol. The Bertz CT molecular complexity index is 791. The molecule has 1 atom stereocenters. The number of carbonyl (C=O) groups excluding carboxylic acids is 1. The van der Waals surface area contributed by atoms with Crippen molar-refractivity contribution in [3.63, 3.8) is 0 Å². The van der Waals surface area contributed by atoms with Crippen LogP contribution in [0.2, 0.25) is 0 Å². The number of amides is 1. The predicted molar refractivity (Wildman–Crippen MR) is 81.8 cm³/mol. The van der Waals surface area contributed by atoms with E-state index in [0.29, 0.717) is 0 Å². The molecule has 1 aromatic heterocycles. The van der Waals surface area contributed by atoms with E-state index in [1.165, 1.54) is 18.2 Å². The highest BCUT2D eigenvalue weighted by atomic mass is 32.2. The van der Waals surface area contributed by atoms with E-state index < -0.39 is 27.7 Å². The van der Waals surface area contributed by atoms with E-state index in [9.17, 15) is 17.6 Å². The van der Waals surface area contributed by atoms with E-state index in [0.717, 1.165) is 17.6 Å². The average molecular weight is 344 g/mol. The lowest BCUT2D eigenvalue weighted by atomic mass is 10.00. The molecular weight excluding hydrogens is 331 g/mol. The number of nitrogens with one attached hydrogen (secondary N) is 2. The molecular formula is C12H13FN4O3S2. The van der Waals surface area contributed by atoms with Gasteiger partial charge in [-0.1, -0.05) is 29.5 Å². The molecule has 0 unspecified atom stereocenters. The third kappa shape index (κ3) is 4.21. The molecule has 1 amide bonds. The topological polar surface area (TPSA) is 101 Å². The second kappa shape index (κ2) is 6.36. The lowest BCUT2D eigenvalue weighted by Gasteiger charge is -2.11. The Morgan fingerprint density at radius 3 is 2.55 bits per heavy atom. The summed E-state index contributed by atoms with van der Waals surface area (Å²) in [5.41, 5.74) is 0.263. The third-order valence-electron chi connectivity index (χ3n) is 2.69. The summed E-state index contributed by atoms with van der Waals surface area (Å²) < 4.78 is 37.9. The normalized spacial score (nSPS) is 12.7. The first kappa shape index (κ1) is 16.3. The van der Waals surface area contributed by atoms with Crippen molar-refractivity contribution in [3.8, 4) is 0 Å². The summed E-state index contributed by atoms with van der Waals surface area (Å²) >= 11 is 0.867. The number of sulfonamides is 1. The summed E-state index contributed by atoms with van der Waals surface area (Å²) in [4.78, 5) is 12.1. The minimum Gasteiger partial charge on any atom is -0.300 e. The van der Waals surface area contributed by atoms with Crippen molar-refractivity contribution in [2.24, 2.45) is 0 Å². The Balaban J connectivity index is 2.08. The summed E-state index contributed by atoms with van der Waals surface area (Å²) in [7, 11) is -3.46. The molecule has 0 bridgehead atoms. The second-order valence-corrected chi connectivity index (χ2v) is 7.25. The molecule has 10 heteroatoms. The number of carbonyl (C=O) groups is 1. The van der Waals surface area contributed by atoms with Crippen molar-refractivity contribution in [1.82, 2.24) is 10.2 Å². The van der Waals surface area contributed by atoms with Crippen LogP contribution in [0.4, 0.5) is 14.7 Å². The van der Waals surface area contributed by atoms with Gasteiger partial charge in [-0.15, -0.1) is 10.2 Å². The van der Waals surface area contributed by atoms with E-state index in [1.54, 1.807) is 13.0 Å². The molecule has 2 aromatic rings. The smallest absolute Gasteiger partial charge is 0.233 e. The van der Waals surface area contributed by atoms with Crippen LogP contribution in [0.3, 0.4) is 0 Å². The van der Waals surface area contributed by atoms with Crippen molar-refractivity contribution < 1.29 is 17.6 Å². The first-order chi connectivity index (χ1) is 10.3. The quantitative estimate of drug-likeness (QED) is 0.861. The largest absolute Gasteiger partial charge is 0.300 e. The molecule has 0 saturated heterocycles. The van der Waals surface area contributed by atoms with E-state index in [2.05, 4.69) is 20.2 Å². The van der Waals surface area contributed by atoms with E-state index >= 15 is 0 Å². The fourth-order valence-electron chi connectivity index (χ4n) is 1.65. The number of halogens is 1. The lowest BCUT2D eigenvalue weighted by molar-refractivity contribution is -0.117. The molecule has 0 radical (unpaired) electrons. The van der Waals surface area contributed by atoms with Gasteiger partial charge in [0.25, 0.3) is 0 Å². The number of benzene rings is 1. The van der Waals surface area contributed by atoms with Gasteiger partial charge in [-0.2, -0.15) is 0 Å². The van der Waals surface area contributed by atoms with Crippen LogP contribution in [0.25, 0.3) is 0 Å². The van der Waals surface area contributed by atoms with Crippen molar-refractivity contribution in [2.45, 2.75) is 12.8 Å². The number of hydrogen-bond donors (Lipinski definition) is 2. The van der Waals surface area contributed by atoms with Crippen molar-refractivity contribution >= 4 is 37.5 Å². The number of anilines is 2. The van der Waals surface area contributed by atoms with Crippen molar-refractivity contribution in [1.29, 1.82) is 0 Å². The van der Waals surface area contributed by atoms with Gasteiger partial charge in [0.1, 0.15) is 5.82 Å². The molecule has 1 aromatic carbocycles. The molecule has 1 heterocycles. The van der Waals surface area contributed by atoms with Gasteiger partial charge in [0, 0.05) is 0 Å². The number of nitrogens with zero attached hydrogens (tertiary/aromatic N) is 2. The lowest BCUT2D eigenvalue weighted by Crippen LogP contribution is -2.19.